The Morgan fingerprint density at radius 1 is 1.50 bits per heavy atom. The van der Waals surface area contributed by atoms with Gasteiger partial charge in [-0.3, -0.25) is 4.98 Å². The minimum absolute atomic E-state index is 0.424. The molecule has 2 N–H and O–H groups in total. The van der Waals surface area contributed by atoms with Crippen LogP contribution in [0.5, 0.6) is 0 Å². The molecule has 0 saturated heterocycles. The Morgan fingerprint density at radius 3 is 2.88 bits per heavy atom. The largest absolute Gasteiger partial charge is 0.397 e. The molecule has 0 radical (unpaired) electrons. The van der Waals surface area contributed by atoms with Crippen LogP contribution in [0.1, 0.15) is 18.1 Å². The lowest BCUT2D eigenvalue weighted by molar-refractivity contribution is 1.14. The van der Waals surface area contributed by atoms with E-state index in [0.717, 1.165) is 27.4 Å². The molecule has 1 aromatic carbocycles. The summed E-state index contributed by atoms with van der Waals surface area (Å²) in [7, 11) is 0. The van der Waals surface area contributed by atoms with E-state index in [2.05, 4.69) is 27.8 Å². The lowest BCUT2D eigenvalue weighted by atomic mass is 10.0. The van der Waals surface area contributed by atoms with Crippen molar-refractivity contribution in [3.05, 3.63) is 33.9 Å². The molecule has 1 heterocycles. The van der Waals surface area contributed by atoms with E-state index >= 15 is 0 Å². The molecule has 4 heteroatoms. The van der Waals surface area contributed by atoms with E-state index in [-0.39, 0.29) is 0 Å². The second-order valence-corrected chi connectivity index (χ2v) is 4.43. The van der Waals surface area contributed by atoms with Gasteiger partial charge in [0.15, 0.2) is 0 Å². The number of nitriles is 1. The third-order valence-electron chi connectivity index (χ3n) is 2.56. The predicted octanol–water partition coefficient (Wildman–Crippen LogP) is 3.01. The van der Waals surface area contributed by atoms with E-state index in [1.807, 2.05) is 18.2 Å². The van der Waals surface area contributed by atoms with Crippen LogP contribution in [0, 0.1) is 11.3 Å². The summed E-state index contributed by atoms with van der Waals surface area (Å²) < 4.78 is 0.959. The van der Waals surface area contributed by atoms with Gasteiger partial charge in [0.25, 0.3) is 0 Å². The van der Waals surface area contributed by atoms with Gasteiger partial charge >= 0.3 is 0 Å². The molecule has 2 rings (SSSR count). The van der Waals surface area contributed by atoms with Gasteiger partial charge in [-0.15, -0.1) is 0 Å². The molecule has 0 saturated carbocycles. The van der Waals surface area contributed by atoms with Crippen molar-refractivity contribution in [1.29, 1.82) is 5.26 Å². The summed E-state index contributed by atoms with van der Waals surface area (Å²) in [6.45, 7) is 2.07. The van der Waals surface area contributed by atoms with Gasteiger partial charge in [0, 0.05) is 16.1 Å². The summed E-state index contributed by atoms with van der Waals surface area (Å²) in [6.07, 6.45) is 2.42. The molecule has 0 aliphatic carbocycles. The van der Waals surface area contributed by atoms with Gasteiger partial charge in [-0.25, -0.2) is 0 Å². The first-order valence-corrected chi connectivity index (χ1v) is 5.73. The maximum absolute atomic E-state index is 8.89. The molecule has 0 amide bonds. The van der Waals surface area contributed by atoms with Crippen molar-refractivity contribution in [2.75, 3.05) is 5.73 Å². The maximum atomic E-state index is 8.89. The number of rotatable bonds is 1. The Labute approximate surface area is 102 Å². The van der Waals surface area contributed by atoms with E-state index in [4.69, 9.17) is 11.0 Å². The zero-order valence-electron chi connectivity index (χ0n) is 8.79. The average molecular weight is 276 g/mol. The smallest absolute Gasteiger partial charge is 0.103 e. The van der Waals surface area contributed by atoms with Gasteiger partial charge < -0.3 is 5.73 Å². The fourth-order valence-corrected chi connectivity index (χ4v) is 2.22. The molecule has 16 heavy (non-hydrogen) atoms. The molecule has 2 aromatic rings. The van der Waals surface area contributed by atoms with Gasteiger partial charge in [0.1, 0.15) is 6.07 Å². The Hall–Kier alpha value is -1.60. The topological polar surface area (TPSA) is 62.7 Å². The van der Waals surface area contributed by atoms with Crippen LogP contribution in [-0.4, -0.2) is 4.98 Å². The van der Waals surface area contributed by atoms with Crippen LogP contribution in [-0.2, 0) is 6.42 Å². The highest BCUT2D eigenvalue weighted by Crippen LogP contribution is 2.29. The third kappa shape index (κ3) is 1.63. The monoisotopic (exact) mass is 275 g/mol. The molecule has 0 unspecified atom stereocenters. The number of hydrogen-bond acceptors (Lipinski definition) is 3. The summed E-state index contributed by atoms with van der Waals surface area (Å²) in [6, 6.07) is 5.97. The van der Waals surface area contributed by atoms with E-state index in [1.54, 1.807) is 0 Å². The molecule has 3 nitrogen and oxygen atoms in total. The first kappa shape index (κ1) is 10.9. The maximum Gasteiger partial charge on any atom is 0.103 e. The predicted molar refractivity (Wildman–Crippen MR) is 67.9 cm³/mol. The Kier molecular flexibility index (Phi) is 2.80. The van der Waals surface area contributed by atoms with Crippen molar-refractivity contribution in [3.8, 4) is 6.07 Å². The SMILES string of the molecule is CCc1cc(Br)cc2c(N)c(C#N)cnc12. The first-order chi connectivity index (χ1) is 7.67. The summed E-state index contributed by atoms with van der Waals surface area (Å²) in [5.74, 6) is 0. The Morgan fingerprint density at radius 2 is 2.25 bits per heavy atom. The van der Waals surface area contributed by atoms with Crippen molar-refractivity contribution < 1.29 is 0 Å². The van der Waals surface area contributed by atoms with Crippen LogP contribution in [0.15, 0.2) is 22.8 Å². The number of pyridine rings is 1. The number of benzene rings is 1. The highest BCUT2D eigenvalue weighted by atomic mass is 79.9. The molecule has 80 valence electrons. The lowest BCUT2D eigenvalue weighted by Crippen LogP contribution is -1.96. The molecule has 0 aliphatic heterocycles. The van der Waals surface area contributed by atoms with Crippen molar-refractivity contribution in [2.45, 2.75) is 13.3 Å². The highest BCUT2D eigenvalue weighted by Gasteiger charge is 2.09. The molecule has 1 aromatic heterocycles. The van der Waals surface area contributed by atoms with Crippen LogP contribution in [0.2, 0.25) is 0 Å². The van der Waals surface area contributed by atoms with Crippen molar-refractivity contribution in [1.82, 2.24) is 4.98 Å². The quantitative estimate of drug-likeness (QED) is 0.870. The molecular weight excluding hydrogens is 266 g/mol. The van der Waals surface area contributed by atoms with Gasteiger partial charge in [-0.1, -0.05) is 22.9 Å². The van der Waals surface area contributed by atoms with Crippen LogP contribution in [0.25, 0.3) is 10.9 Å². The highest BCUT2D eigenvalue weighted by molar-refractivity contribution is 9.10. The minimum atomic E-state index is 0.424. The van der Waals surface area contributed by atoms with Gasteiger partial charge in [0.05, 0.1) is 16.8 Å². The van der Waals surface area contributed by atoms with Crippen molar-refractivity contribution in [3.63, 3.8) is 0 Å². The normalized spacial score (nSPS) is 10.3. The molecule has 0 atom stereocenters. The van der Waals surface area contributed by atoms with Crippen LogP contribution < -0.4 is 5.73 Å². The van der Waals surface area contributed by atoms with Crippen LogP contribution >= 0.6 is 15.9 Å². The number of fused-ring (bicyclic) bond motifs is 1. The van der Waals surface area contributed by atoms with Gasteiger partial charge in [0.2, 0.25) is 0 Å². The second kappa shape index (κ2) is 4.11. The fraction of sp³-hybridized carbons (Fsp3) is 0.167. The number of hydrogen-bond donors (Lipinski definition) is 1. The van der Waals surface area contributed by atoms with Gasteiger partial charge in [-0.2, -0.15) is 5.26 Å². The minimum Gasteiger partial charge on any atom is -0.397 e. The zero-order valence-corrected chi connectivity index (χ0v) is 10.4. The number of halogens is 1. The van der Waals surface area contributed by atoms with E-state index in [1.165, 1.54) is 6.20 Å². The van der Waals surface area contributed by atoms with E-state index < -0.39 is 0 Å². The van der Waals surface area contributed by atoms with E-state index in [0.29, 0.717) is 11.3 Å². The summed E-state index contributed by atoms with van der Waals surface area (Å²) in [5.41, 5.74) is 8.87. The summed E-state index contributed by atoms with van der Waals surface area (Å²) in [5, 5.41) is 9.73. The third-order valence-corrected chi connectivity index (χ3v) is 3.02. The summed E-state index contributed by atoms with van der Waals surface area (Å²) >= 11 is 3.44. The lowest BCUT2D eigenvalue weighted by Gasteiger charge is -2.08. The van der Waals surface area contributed by atoms with Gasteiger partial charge in [-0.05, 0) is 24.1 Å². The molecule has 0 bridgehead atoms. The second-order valence-electron chi connectivity index (χ2n) is 3.51. The number of anilines is 1. The first-order valence-electron chi connectivity index (χ1n) is 4.94. The van der Waals surface area contributed by atoms with Crippen LogP contribution in [0.3, 0.4) is 0 Å². The number of nitrogens with two attached hydrogens (primary N) is 1. The van der Waals surface area contributed by atoms with Crippen molar-refractivity contribution in [2.24, 2.45) is 0 Å². The Balaban J connectivity index is 2.90. The van der Waals surface area contributed by atoms with Crippen molar-refractivity contribution >= 4 is 32.5 Å². The number of aryl methyl sites for hydroxylation is 1. The molecule has 0 aliphatic rings. The molecular formula is C12H10BrN3. The summed E-state index contributed by atoms with van der Waals surface area (Å²) in [4.78, 5) is 4.30. The Bertz CT molecular complexity index is 599. The standard InChI is InChI=1S/C12H10BrN3/c1-2-7-3-9(13)4-10-11(15)8(5-14)6-16-12(7)10/h3-4,6H,2H2,1H3,(H2,15,16). The average Bonchev–Trinajstić information content (AvgIpc) is 2.29. The zero-order chi connectivity index (χ0) is 11.7. The van der Waals surface area contributed by atoms with E-state index in [9.17, 15) is 0 Å². The fourth-order valence-electron chi connectivity index (χ4n) is 1.72. The molecule has 0 fully saturated rings. The molecule has 0 spiro atoms. The van der Waals surface area contributed by atoms with Crippen LogP contribution in [0.4, 0.5) is 5.69 Å². The number of nitrogens with zero attached hydrogens (tertiary/aromatic N) is 2. The number of aromatic nitrogens is 1. The number of nitrogen functional groups attached to an aromatic ring is 1.